The first-order valence-corrected chi connectivity index (χ1v) is 5.60. The van der Waals surface area contributed by atoms with Crippen LogP contribution in [0.3, 0.4) is 0 Å². The summed E-state index contributed by atoms with van der Waals surface area (Å²) in [5, 5.41) is 0.699. The third-order valence-corrected chi connectivity index (χ3v) is 3.32. The van der Waals surface area contributed by atoms with Crippen LogP contribution < -0.4 is 0 Å². The predicted octanol–water partition coefficient (Wildman–Crippen LogP) is 4.01. The quantitative estimate of drug-likeness (QED) is 0.572. The van der Waals surface area contributed by atoms with Crippen molar-refractivity contribution in [1.29, 1.82) is 0 Å². The SMILES string of the molecule is Clc1ccc(-c2ccccc2)nc1I. The van der Waals surface area contributed by atoms with E-state index in [0.717, 1.165) is 15.0 Å². The lowest BCUT2D eigenvalue weighted by Crippen LogP contribution is -1.86. The van der Waals surface area contributed by atoms with Gasteiger partial charge in [-0.2, -0.15) is 0 Å². The Morgan fingerprint density at radius 1 is 1.00 bits per heavy atom. The minimum absolute atomic E-state index is 0.699. The minimum atomic E-state index is 0.699. The minimum Gasteiger partial charge on any atom is -0.240 e. The zero-order valence-electron chi connectivity index (χ0n) is 7.24. The predicted molar refractivity (Wildman–Crippen MR) is 67.4 cm³/mol. The van der Waals surface area contributed by atoms with Gasteiger partial charge < -0.3 is 0 Å². The topological polar surface area (TPSA) is 12.9 Å². The van der Waals surface area contributed by atoms with E-state index in [-0.39, 0.29) is 0 Å². The fraction of sp³-hybridized carbons (Fsp3) is 0. The van der Waals surface area contributed by atoms with Gasteiger partial charge >= 0.3 is 0 Å². The molecule has 0 bridgehead atoms. The highest BCUT2D eigenvalue weighted by Crippen LogP contribution is 2.22. The summed E-state index contributed by atoms with van der Waals surface area (Å²) in [6.45, 7) is 0. The highest BCUT2D eigenvalue weighted by atomic mass is 127. The van der Waals surface area contributed by atoms with Crippen molar-refractivity contribution in [3.63, 3.8) is 0 Å². The fourth-order valence-corrected chi connectivity index (χ4v) is 1.73. The first kappa shape index (κ1) is 9.93. The highest BCUT2D eigenvalue weighted by Gasteiger charge is 2.01. The van der Waals surface area contributed by atoms with Gasteiger partial charge in [-0.25, -0.2) is 4.98 Å². The second-order valence-corrected chi connectivity index (χ2v) is 4.26. The van der Waals surface area contributed by atoms with Crippen LogP contribution in [0, 0.1) is 3.70 Å². The lowest BCUT2D eigenvalue weighted by Gasteiger charge is -2.01. The van der Waals surface area contributed by atoms with Gasteiger partial charge in [-0.1, -0.05) is 41.9 Å². The van der Waals surface area contributed by atoms with Crippen molar-refractivity contribution in [3.8, 4) is 11.3 Å². The summed E-state index contributed by atoms with van der Waals surface area (Å²) < 4.78 is 0.839. The maximum atomic E-state index is 5.90. The smallest absolute Gasteiger partial charge is 0.120 e. The average Bonchev–Trinajstić information content (AvgIpc) is 2.23. The molecule has 0 saturated heterocycles. The number of rotatable bonds is 1. The lowest BCUT2D eigenvalue weighted by atomic mass is 10.1. The number of pyridine rings is 1. The molecule has 2 aromatic rings. The molecular weight excluding hydrogens is 308 g/mol. The zero-order chi connectivity index (χ0) is 9.97. The van der Waals surface area contributed by atoms with Crippen LogP contribution in [0.2, 0.25) is 5.02 Å². The van der Waals surface area contributed by atoms with Crippen molar-refractivity contribution in [2.45, 2.75) is 0 Å². The van der Waals surface area contributed by atoms with Gasteiger partial charge in [0.2, 0.25) is 0 Å². The molecule has 0 radical (unpaired) electrons. The molecule has 0 aliphatic heterocycles. The van der Waals surface area contributed by atoms with E-state index in [1.54, 1.807) is 0 Å². The van der Waals surface area contributed by atoms with E-state index in [0.29, 0.717) is 5.02 Å². The molecule has 0 saturated carbocycles. The Hall–Kier alpha value is -0.610. The molecule has 0 fully saturated rings. The summed E-state index contributed by atoms with van der Waals surface area (Å²) in [5.74, 6) is 0. The van der Waals surface area contributed by atoms with E-state index in [2.05, 4.69) is 27.6 Å². The number of hydrogen-bond donors (Lipinski definition) is 0. The standard InChI is InChI=1S/C11H7ClIN/c12-9-6-7-10(14-11(9)13)8-4-2-1-3-5-8/h1-7H. The van der Waals surface area contributed by atoms with Crippen molar-refractivity contribution in [2.75, 3.05) is 0 Å². The summed E-state index contributed by atoms with van der Waals surface area (Å²) >= 11 is 8.03. The van der Waals surface area contributed by atoms with Crippen LogP contribution in [0.5, 0.6) is 0 Å². The summed E-state index contributed by atoms with van der Waals surface area (Å²) in [6.07, 6.45) is 0. The maximum Gasteiger partial charge on any atom is 0.120 e. The molecule has 1 aromatic heterocycles. The molecule has 0 unspecified atom stereocenters. The van der Waals surface area contributed by atoms with Gasteiger partial charge in [-0.05, 0) is 34.7 Å². The van der Waals surface area contributed by atoms with Crippen LogP contribution in [-0.2, 0) is 0 Å². The molecule has 1 aromatic carbocycles. The second-order valence-electron chi connectivity index (χ2n) is 2.84. The van der Waals surface area contributed by atoms with Crippen molar-refractivity contribution >= 4 is 34.2 Å². The Kier molecular flexibility index (Phi) is 3.03. The molecular formula is C11H7ClIN. The third kappa shape index (κ3) is 2.07. The van der Waals surface area contributed by atoms with Crippen molar-refractivity contribution in [1.82, 2.24) is 4.98 Å². The molecule has 3 heteroatoms. The number of benzene rings is 1. The van der Waals surface area contributed by atoms with E-state index in [4.69, 9.17) is 11.6 Å². The molecule has 0 spiro atoms. The van der Waals surface area contributed by atoms with Crippen molar-refractivity contribution in [3.05, 3.63) is 51.2 Å². The summed E-state index contributed by atoms with van der Waals surface area (Å²) in [6, 6.07) is 13.9. The van der Waals surface area contributed by atoms with Gasteiger partial charge in [0.05, 0.1) is 10.7 Å². The molecule has 0 N–H and O–H groups in total. The first-order valence-electron chi connectivity index (χ1n) is 4.15. The van der Waals surface area contributed by atoms with E-state index in [9.17, 15) is 0 Å². The highest BCUT2D eigenvalue weighted by molar-refractivity contribution is 14.1. The van der Waals surface area contributed by atoms with Gasteiger partial charge in [0, 0.05) is 5.56 Å². The Labute approximate surface area is 101 Å². The second kappa shape index (κ2) is 4.28. The lowest BCUT2D eigenvalue weighted by molar-refractivity contribution is 1.27. The van der Waals surface area contributed by atoms with Crippen molar-refractivity contribution < 1.29 is 0 Å². The monoisotopic (exact) mass is 315 g/mol. The van der Waals surface area contributed by atoms with Gasteiger partial charge in [0.25, 0.3) is 0 Å². The van der Waals surface area contributed by atoms with Crippen LogP contribution in [0.15, 0.2) is 42.5 Å². The summed E-state index contributed by atoms with van der Waals surface area (Å²) in [5.41, 5.74) is 2.07. The number of hydrogen-bond acceptors (Lipinski definition) is 1. The number of nitrogens with zero attached hydrogens (tertiary/aromatic N) is 1. The molecule has 1 heterocycles. The normalized spacial score (nSPS) is 10.1. The molecule has 1 nitrogen and oxygen atoms in total. The zero-order valence-corrected chi connectivity index (χ0v) is 10.2. The fourth-order valence-electron chi connectivity index (χ4n) is 1.19. The van der Waals surface area contributed by atoms with Crippen LogP contribution in [0.25, 0.3) is 11.3 Å². The molecule has 0 aliphatic rings. The van der Waals surface area contributed by atoms with Gasteiger partial charge in [-0.3, -0.25) is 0 Å². The van der Waals surface area contributed by atoms with E-state index >= 15 is 0 Å². The van der Waals surface area contributed by atoms with Gasteiger partial charge in [0.1, 0.15) is 3.70 Å². The van der Waals surface area contributed by atoms with Crippen LogP contribution in [-0.4, -0.2) is 4.98 Å². The first-order chi connectivity index (χ1) is 6.77. The van der Waals surface area contributed by atoms with E-state index in [1.807, 2.05) is 42.5 Å². The Morgan fingerprint density at radius 2 is 1.71 bits per heavy atom. The molecule has 2 rings (SSSR count). The Bertz CT molecular complexity index is 442. The molecule has 14 heavy (non-hydrogen) atoms. The average molecular weight is 316 g/mol. The van der Waals surface area contributed by atoms with Crippen LogP contribution in [0.1, 0.15) is 0 Å². The maximum absolute atomic E-state index is 5.90. The summed E-state index contributed by atoms with van der Waals surface area (Å²) in [7, 11) is 0. The van der Waals surface area contributed by atoms with Gasteiger partial charge in [0.15, 0.2) is 0 Å². The summed E-state index contributed by atoms with van der Waals surface area (Å²) in [4.78, 5) is 4.40. The Morgan fingerprint density at radius 3 is 2.36 bits per heavy atom. The number of aromatic nitrogens is 1. The van der Waals surface area contributed by atoms with E-state index < -0.39 is 0 Å². The van der Waals surface area contributed by atoms with Crippen LogP contribution in [0.4, 0.5) is 0 Å². The van der Waals surface area contributed by atoms with E-state index in [1.165, 1.54) is 0 Å². The molecule has 0 amide bonds. The van der Waals surface area contributed by atoms with Crippen molar-refractivity contribution in [2.24, 2.45) is 0 Å². The Balaban J connectivity index is 2.48. The molecule has 70 valence electrons. The van der Waals surface area contributed by atoms with Gasteiger partial charge in [-0.15, -0.1) is 0 Å². The van der Waals surface area contributed by atoms with Crippen LogP contribution >= 0.6 is 34.2 Å². The molecule has 0 aliphatic carbocycles. The largest absolute Gasteiger partial charge is 0.240 e. The number of halogens is 2. The third-order valence-electron chi connectivity index (χ3n) is 1.87. The molecule has 0 atom stereocenters.